The predicted octanol–water partition coefficient (Wildman–Crippen LogP) is 5.56. The van der Waals surface area contributed by atoms with Gasteiger partial charge in [0.25, 0.3) is 5.88 Å². The van der Waals surface area contributed by atoms with Gasteiger partial charge in [0, 0.05) is 16.2 Å². The Morgan fingerprint density at radius 1 is 1.12 bits per heavy atom. The number of aromatic nitrogens is 3. The number of rotatable bonds is 5. The van der Waals surface area contributed by atoms with Gasteiger partial charge in [-0.2, -0.15) is 0 Å². The van der Waals surface area contributed by atoms with Gasteiger partial charge < -0.3 is 9.47 Å². The third kappa shape index (κ3) is 3.37. The fourth-order valence-electron chi connectivity index (χ4n) is 2.82. The largest absolute Gasteiger partial charge is 0.477 e. The molecule has 4 rings (SSSR count). The highest BCUT2D eigenvalue weighted by Gasteiger charge is 2.24. The van der Waals surface area contributed by atoms with Gasteiger partial charge in [0.1, 0.15) is 5.75 Å². The molecule has 26 heavy (non-hydrogen) atoms. The van der Waals surface area contributed by atoms with E-state index in [1.54, 1.807) is 30.0 Å². The number of ether oxygens (including phenoxy) is 2. The van der Waals surface area contributed by atoms with E-state index < -0.39 is 0 Å². The first-order valence-electron chi connectivity index (χ1n) is 8.29. The van der Waals surface area contributed by atoms with Crippen LogP contribution in [0.25, 0.3) is 5.82 Å². The van der Waals surface area contributed by atoms with Crippen LogP contribution in [0.5, 0.6) is 17.4 Å². The van der Waals surface area contributed by atoms with Crippen LogP contribution < -0.4 is 9.47 Å². The molecular formula is C19H17Cl2N3O2. The maximum Gasteiger partial charge on any atom is 0.277 e. The Bertz CT molecular complexity index is 930. The minimum atomic E-state index is 0.367. The molecule has 0 spiro atoms. The second kappa shape index (κ2) is 6.82. The lowest BCUT2D eigenvalue weighted by atomic mass is 10.2. The Morgan fingerprint density at radius 3 is 2.42 bits per heavy atom. The highest BCUT2D eigenvalue weighted by Crippen LogP contribution is 2.40. The second-order valence-corrected chi connectivity index (χ2v) is 7.14. The summed E-state index contributed by atoms with van der Waals surface area (Å²) in [6.45, 7) is 1.90. The highest BCUT2D eigenvalue weighted by molar-refractivity contribution is 6.34. The van der Waals surface area contributed by atoms with Crippen LogP contribution in [0.2, 0.25) is 10.0 Å². The fourth-order valence-corrected chi connectivity index (χ4v) is 3.33. The first-order chi connectivity index (χ1) is 12.5. The number of halogens is 2. The van der Waals surface area contributed by atoms with E-state index in [4.69, 9.17) is 32.7 Å². The zero-order valence-corrected chi connectivity index (χ0v) is 15.9. The zero-order chi connectivity index (χ0) is 18.3. The molecule has 5 nitrogen and oxygen atoms in total. The lowest BCUT2D eigenvalue weighted by Gasteiger charge is -2.08. The monoisotopic (exact) mass is 389 g/mol. The topological polar surface area (TPSA) is 49.2 Å². The van der Waals surface area contributed by atoms with Crippen LogP contribution in [0.3, 0.4) is 0 Å². The van der Waals surface area contributed by atoms with Crippen LogP contribution in [-0.4, -0.2) is 21.9 Å². The van der Waals surface area contributed by atoms with Crippen molar-refractivity contribution in [3.05, 3.63) is 57.8 Å². The van der Waals surface area contributed by atoms with Crippen molar-refractivity contribution in [2.24, 2.45) is 0 Å². The van der Waals surface area contributed by atoms with Crippen molar-refractivity contribution < 1.29 is 9.47 Å². The van der Waals surface area contributed by atoms with E-state index in [1.807, 2.05) is 19.2 Å². The SMILES string of the molecule is COc1nn(-c2ccc(C3CC3)cn2)c(C)c1Oc1cc(Cl)cc(Cl)c1. The van der Waals surface area contributed by atoms with Gasteiger partial charge in [-0.3, -0.25) is 0 Å². The Labute approximate surface area is 161 Å². The molecule has 1 aliphatic carbocycles. The van der Waals surface area contributed by atoms with Crippen molar-refractivity contribution in [1.29, 1.82) is 0 Å². The van der Waals surface area contributed by atoms with Crippen molar-refractivity contribution >= 4 is 23.2 Å². The number of benzene rings is 1. The Kier molecular flexibility index (Phi) is 4.51. The van der Waals surface area contributed by atoms with Gasteiger partial charge in [0.2, 0.25) is 5.75 Å². The lowest BCUT2D eigenvalue weighted by Crippen LogP contribution is -2.02. The van der Waals surface area contributed by atoms with Gasteiger partial charge in [-0.05, 0) is 55.5 Å². The van der Waals surface area contributed by atoms with E-state index >= 15 is 0 Å². The molecule has 0 amide bonds. The Morgan fingerprint density at radius 2 is 1.85 bits per heavy atom. The first kappa shape index (κ1) is 17.2. The average molecular weight is 390 g/mol. The van der Waals surface area contributed by atoms with Gasteiger partial charge in [-0.15, -0.1) is 5.10 Å². The Hall–Kier alpha value is -2.24. The smallest absolute Gasteiger partial charge is 0.277 e. The maximum absolute atomic E-state index is 6.05. The van der Waals surface area contributed by atoms with Crippen LogP contribution in [-0.2, 0) is 0 Å². The van der Waals surface area contributed by atoms with Crippen molar-refractivity contribution in [3.63, 3.8) is 0 Å². The van der Waals surface area contributed by atoms with Crippen LogP contribution in [0.1, 0.15) is 30.0 Å². The zero-order valence-electron chi connectivity index (χ0n) is 14.4. The third-order valence-electron chi connectivity index (χ3n) is 4.32. The summed E-state index contributed by atoms with van der Waals surface area (Å²) < 4.78 is 13.0. The predicted molar refractivity (Wildman–Crippen MR) is 101 cm³/mol. The van der Waals surface area contributed by atoms with Gasteiger partial charge in [0.15, 0.2) is 5.82 Å². The quantitative estimate of drug-likeness (QED) is 0.572. The molecule has 2 aromatic heterocycles. The number of methoxy groups -OCH3 is 1. The molecule has 3 aromatic rings. The molecule has 1 saturated carbocycles. The van der Waals surface area contributed by atoms with Gasteiger partial charge in [0.05, 0.1) is 12.8 Å². The normalized spacial score (nSPS) is 13.7. The lowest BCUT2D eigenvalue weighted by molar-refractivity contribution is 0.366. The number of nitrogens with zero attached hydrogens (tertiary/aromatic N) is 3. The van der Waals surface area contributed by atoms with E-state index in [9.17, 15) is 0 Å². The summed E-state index contributed by atoms with van der Waals surface area (Å²) in [6, 6.07) is 9.09. The second-order valence-electron chi connectivity index (χ2n) is 6.27. The molecule has 0 unspecified atom stereocenters. The summed E-state index contributed by atoms with van der Waals surface area (Å²) in [5.74, 6) is 2.76. The standard InChI is InChI=1S/C19H17Cl2N3O2/c1-11-18(26-16-8-14(20)7-15(21)9-16)19(25-2)23-24(11)17-6-5-13(10-22-17)12-3-4-12/h5-10,12H,3-4H2,1-2H3. The minimum absolute atomic E-state index is 0.367. The molecule has 0 aliphatic heterocycles. The van der Waals surface area contributed by atoms with Crippen molar-refractivity contribution in [2.75, 3.05) is 7.11 Å². The molecular weight excluding hydrogens is 373 g/mol. The third-order valence-corrected chi connectivity index (χ3v) is 4.75. The minimum Gasteiger partial charge on any atom is -0.477 e. The molecule has 0 bridgehead atoms. The molecule has 134 valence electrons. The molecule has 0 N–H and O–H groups in total. The highest BCUT2D eigenvalue weighted by atomic mass is 35.5. The van der Waals surface area contributed by atoms with Gasteiger partial charge >= 0.3 is 0 Å². The number of pyridine rings is 1. The van der Waals surface area contributed by atoms with Gasteiger partial charge in [-0.25, -0.2) is 9.67 Å². The van der Waals surface area contributed by atoms with Crippen LogP contribution in [0, 0.1) is 6.92 Å². The van der Waals surface area contributed by atoms with E-state index in [1.165, 1.54) is 18.4 Å². The van der Waals surface area contributed by atoms with Crippen LogP contribution in [0.15, 0.2) is 36.5 Å². The fraction of sp³-hybridized carbons (Fsp3) is 0.263. The molecule has 1 aliphatic rings. The van der Waals surface area contributed by atoms with Crippen LogP contribution >= 0.6 is 23.2 Å². The summed E-state index contributed by atoms with van der Waals surface area (Å²) >= 11 is 12.1. The molecule has 2 heterocycles. The van der Waals surface area contributed by atoms with Crippen molar-refractivity contribution in [1.82, 2.24) is 14.8 Å². The molecule has 1 fully saturated rings. The molecule has 0 saturated heterocycles. The van der Waals surface area contributed by atoms with E-state index in [0.717, 1.165) is 5.69 Å². The Balaban J connectivity index is 1.69. The maximum atomic E-state index is 6.05. The van der Waals surface area contributed by atoms with Gasteiger partial charge in [-0.1, -0.05) is 29.3 Å². The summed E-state index contributed by atoms with van der Waals surface area (Å²) in [4.78, 5) is 4.54. The van der Waals surface area contributed by atoms with Crippen LogP contribution in [0.4, 0.5) is 0 Å². The van der Waals surface area contributed by atoms with E-state index in [0.29, 0.717) is 39.2 Å². The van der Waals surface area contributed by atoms with E-state index in [2.05, 4.69) is 16.1 Å². The summed E-state index contributed by atoms with van der Waals surface area (Å²) in [7, 11) is 1.55. The molecule has 0 radical (unpaired) electrons. The number of hydrogen-bond donors (Lipinski definition) is 0. The first-order valence-corrected chi connectivity index (χ1v) is 9.04. The average Bonchev–Trinajstić information content (AvgIpc) is 3.41. The van der Waals surface area contributed by atoms with E-state index in [-0.39, 0.29) is 0 Å². The van der Waals surface area contributed by atoms with Crippen molar-refractivity contribution in [3.8, 4) is 23.2 Å². The molecule has 7 heteroatoms. The van der Waals surface area contributed by atoms with Crippen molar-refractivity contribution in [2.45, 2.75) is 25.7 Å². The number of hydrogen-bond acceptors (Lipinski definition) is 4. The summed E-state index contributed by atoms with van der Waals surface area (Å²) in [5.41, 5.74) is 2.04. The molecule has 0 atom stereocenters. The molecule has 1 aromatic carbocycles. The summed E-state index contributed by atoms with van der Waals surface area (Å²) in [5, 5.41) is 5.46. The summed E-state index contributed by atoms with van der Waals surface area (Å²) in [6.07, 6.45) is 4.41.